The maximum absolute atomic E-state index is 12.1. The van der Waals surface area contributed by atoms with Crippen molar-refractivity contribution in [3.63, 3.8) is 0 Å². The third-order valence-electron chi connectivity index (χ3n) is 2.87. The number of rotatable bonds is 9. The fourth-order valence-corrected chi connectivity index (χ4v) is 1.85. The largest absolute Gasteiger partial charge is 0.381 e. The van der Waals surface area contributed by atoms with Crippen molar-refractivity contribution in [1.82, 2.24) is 10.6 Å². The Morgan fingerprint density at radius 1 is 1.45 bits per heavy atom. The highest BCUT2D eigenvalue weighted by atomic mass is 19.3. The molecule has 20 heavy (non-hydrogen) atoms. The highest BCUT2D eigenvalue weighted by molar-refractivity contribution is 5.79. The van der Waals surface area contributed by atoms with E-state index in [1.165, 1.54) is 0 Å². The van der Waals surface area contributed by atoms with Crippen molar-refractivity contribution >= 4 is 5.96 Å². The summed E-state index contributed by atoms with van der Waals surface area (Å²) in [6.45, 7) is 5.73. The average Bonchev–Trinajstić information content (AvgIpc) is 2.92. The van der Waals surface area contributed by atoms with Crippen molar-refractivity contribution in [2.75, 3.05) is 46.1 Å². The molecule has 1 aliphatic heterocycles. The van der Waals surface area contributed by atoms with Crippen LogP contribution in [0.5, 0.6) is 0 Å². The molecule has 0 radical (unpaired) electrons. The molecule has 7 heteroatoms. The van der Waals surface area contributed by atoms with Crippen LogP contribution in [-0.4, -0.2) is 58.4 Å². The van der Waals surface area contributed by atoms with E-state index in [-0.39, 0.29) is 0 Å². The second kappa shape index (κ2) is 10.8. The number of hydrogen-bond donors (Lipinski definition) is 2. The van der Waals surface area contributed by atoms with Crippen molar-refractivity contribution in [3.05, 3.63) is 0 Å². The van der Waals surface area contributed by atoms with Gasteiger partial charge in [-0.2, -0.15) is 0 Å². The van der Waals surface area contributed by atoms with Gasteiger partial charge in [0.1, 0.15) is 6.54 Å². The molecule has 1 heterocycles. The van der Waals surface area contributed by atoms with Crippen molar-refractivity contribution in [3.8, 4) is 0 Å². The molecular weight excluding hydrogens is 268 g/mol. The van der Waals surface area contributed by atoms with Gasteiger partial charge in [-0.1, -0.05) is 0 Å². The Balaban J connectivity index is 2.02. The summed E-state index contributed by atoms with van der Waals surface area (Å²) in [5.74, 6) is 0.949. The molecule has 0 bridgehead atoms. The van der Waals surface area contributed by atoms with Gasteiger partial charge < -0.3 is 20.1 Å². The second-order valence-corrected chi connectivity index (χ2v) is 4.70. The first-order valence-electron chi connectivity index (χ1n) is 7.18. The van der Waals surface area contributed by atoms with Gasteiger partial charge in [0.15, 0.2) is 5.96 Å². The van der Waals surface area contributed by atoms with Gasteiger partial charge in [-0.05, 0) is 19.8 Å². The molecule has 0 spiro atoms. The summed E-state index contributed by atoms with van der Waals surface area (Å²) in [7, 11) is 0. The lowest BCUT2D eigenvalue weighted by molar-refractivity contribution is 0.0888. The molecule has 1 fully saturated rings. The molecule has 118 valence electrons. The van der Waals surface area contributed by atoms with Gasteiger partial charge in [-0.3, -0.25) is 0 Å². The number of guanidine groups is 1. The first-order valence-corrected chi connectivity index (χ1v) is 7.18. The first-order chi connectivity index (χ1) is 9.72. The third kappa shape index (κ3) is 8.27. The van der Waals surface area contributed by atoms with E-state index in [2.05, 4.69) is 15.6 Å². The van der Waals surface area contributed by atoms with E-state index in [0.29, 0.717) is 31.6 Å². The van der Waals surface area contributed by atoms with Crippen LogP contribution in [0.3, 0.4) is 0 Å². The van der Waals surface area contributed by atoms with Gasteiger partial charge in [0, 0.05) is 32.2 Å². The van der Waals surface area contributed by atoms with Crippen LogP contribution in [0.25, 0.3) is 0 Å². The molecule has 0 aromatic heterocycles. The molecular formula is C13H25F2N3O2. The predicted molar refractivity (Wildman–Crippen MR) is 74.3 cm³/mol. The molecule has 1 unspecified atom stereocenters. The minimum absolute atomic E-state index is 0.428. The summed E-state index contributed by atoms with van der Waals surface area (Å²) < 4.78 is 35.0. The molecule has 0 aromatic rings. The van der Waals surface area contributed by atoms with Crippen LogP contribution in [-0.2, 0) is 9.47 Å². The normalized spacial score (nSPS) is 19.6. The van der Waals surface area contributed by atoms with Crippen LogP contribution in [0, 0.1) is 5.92 Å². The van der Waals surface area contributed by atoms with Crippen LogP contribution in [0.4, 0.5) is 8.78 Å². The van der Waals surface area contributed by atoms with E-state index >= 15 is 0 Å². The molecule has 1 atom stereocenters. The quantitative estimate of drug-likeness (QED) is 0.382. The number of nitrogens with one attached hydrogen (secondary N) is 2. The summed E-state index contributed by atoms with van der Waals surface area (Å²) >= 11 is 0. The van der Waals surface area contributed by atoms with Crippen LogP contribution in [0.1, 0.15) is 19.8 Å². The highest BCUT2D eigenvalue weighted by Crippen LogP contribution is 2.12. The number of aliphatic imine (C=N–C) groups is 1. The Labute approximate surface area is 119 Å². The minimum Gasteiger partial charge on any atom is -0.381 e. The van der Waals surface area contributed by atoms with E-state index < -0.39 is 13.0 Å². The SMILES string of the molecule is CCNC(=NCC(F)F)NCCCOCC1CCOC1. The number of ether oxygens (including phenoxy) is 2. The zero-order chi connectivity index (χ0) is 14.6. The zero-order valence-corrected chi connectivity index (χ0v) is 12.0. The van der Waals surface area contributed by atoms with Gasteiger partial charge in [0.05, 0.1) is 13.2 Å². The minimum atomic E-state index is -2.41. The number of halogens is 2. The molecule has 2 N–H and O–H groups in total. The summed E-state index contributed by atoms with van der Waals surface area (Å²) in [4.78, 5) is 3.78. The van der Waals surface area contributed by atoms with E-state index in [0.717, 1.165) is 32.7 Å². The van der Waals surface area contributed by atoms with E-state index in [4.69, 9.17) is 9.47 Å². The lowest BCUT2D eigenvalue weighted by Crippen LogP contribution is -2.38. The van der Waals surface area contributed by atoms with Gasteiger partial charge in [0.25, 0.3) is 6.43 Å². The van der Waals surface area contributed by atoms with E-state index in [1.54, 1.807) is 0 Å². The fourth-order valence-electron chi connectivity index (χ4n) is 1.85. The summed E-state index contributed by atoms with van der Waals surface area (Å²) in [5.41, 5.74) is 0. The maximum Gasteiger partial charge on any atom is 0.257 e. The zero-order valence-electron chi connectivity index (χ0n) is 12.0. The van der Waals surface area contributed by atoms with Crippen molar-refractivity contribution in [2.24, 2.45) is 10.9 Å². The standard InChI is InChI=1S/C13H25F2N3O2/c1-2-16-13(18-8-12(14)15)17-5-3-6-19-9-11-4-7-20-10-11/h11-12H,2-10H2,1H3,(H2,16,17,18). The number of nitrogens with zero attached hydrogens (tertiary/aromatic N) is 1. The molecule has 1 rings (SSSR count). The Morgan fingerprint density at radius 3 is 2.95 bits per heavy atom. The van der Waals surface area contributed by atoms with Gasteiger partial charge in [0.2, 0.25) is 0 Å². The average molecular weight is 293 g/mol. The van der Waals surface area contributed by atoms with Gasteiger partial charge in [-0.15, -0.1) is 0 Å². The molecule has 1 saturated heterocycles. The molecule has 1 aliphatic rings. The topological polar surface area (TPSA) is 54.9 Å². The molecule has 5 nitrogen and oxygen atoms in total. The lowest BCUT2D eigenvalue weighted by atomic mass is 10.1. The summed E-state index contributed by atoms with van der Waals surface area (Å²) in [6.07, 6.45) is -0.530. The van der Waals surface area contributed by atoms with Crippen LogP contribution in [0.15, 0.2) is 4.99 Å². The summed E-state index contributed by atoms with van der Waals surface area (Å²) in [5, 5.41) is 5.93. The fraction of sp³-hybridized carbons (Fsp3) is 0.923. The molecule has 0 saturated carbocycles. The maximum atomic E-state index is 12.1. The smallest absolute Gasteiger partial charge is 0.257 e. The van der Waals surface area contributed by atoms with Crippen LogP contribution in [0.2, 0.25) is 0 Å². The highest BCUT2D eigenvalue weighted by Gasteiger charge is 2.15. The number of alkyl halides is 2. The number of hydrogen-bond acceptors (Lipinski definition) is 3. The predicted octanol–water partition coefficient (Wildman–Crippen LogP) is 1.25. The molecule has 0 aromatic carbocycles. The van der Waals surface area contributed by atoms with Crippen molar-refractivity contribution in [1.29, 1.82) is 0 Å². The van der Waals surface area contributed by atoms with Crippen LogP contribution < -0.4 is 10.6 Å². The second-order valence-electron chi connectivity index (χ2n) is 4.70. The lowest BCUT2D eigenvalue weighted by Gasteiger charge is -2.12. The van der Waals surface area contributed by atoms with E-state index in [9.17, 15) is 8.78 Å². The first kappa shape index (κ1) is 17.1. The van der Waals surface area contributed by atoms with Gasteiger partial charge in [-0.25, -0.2) is 13.8 Å². The Bertz CT molecular complexity index is 272. The Kier molecular flexibility index (Phi) is 9.23. The van der Waals surface area contributed by atoms with Crippen molar-refractivity contribution in [2.45, 2.75) is 26.2 Å². The Hall–Kier alpha value is -0.950. The molecule has 0 amide bonds. The molecule has 0 aliphatic carbocycles. The Morgan fingerprint density at radius 2 is 2.30 bits per heavy atom. The van der Waals surface area contributed by atoms with Crippen LogP contribution >= 0.6 is 0 Å². The van der Waals surface area contributed by atoms with Crippen molar-refractivity contribution < 1.29 is 18.3 Å². The van der Waals surface area contributed by atoms with E-state index in [1.807, 2.05) is 6.92 Å². The third-order valence-corrected chi connectivity index (χ3v) is 2.87. The summed E-state index contributed by atoms with van der Waals surface area (Å²) in [6, 6.07) is 0. The monoisotopic (exact) mass is 293 g/mol. The van der Waals surface area contributed by atoms with Gasteiger partial charge >= 0.3 is 0 Å².